The monoisotopic (exact) mass is 351 g/mol. The van der Waals surface area contributed by atoms with Crippen molar-refractivity contribution in [2.75, 3.05) is 25.0 Å². The van der Waals surface area contributed by atoms with Crippen LogP contribution in [0.3, 0.4) is 0 Å². The Bertz CT molecular complexity index is 673. The predicted molar refractivity (Wildman–Crippen MR) is 108 cm³/mol. The lowest BCUT2D eigenvalue weighted by atomic mass is 10.2. The molecule has 138 valence electrons. The molecule has 5 nitrogen and oxygen atoms in total. The van der Waals surface area contributed by atoms with Crippen LogP contribution >= 0.6 is 0 Å². The summed E-state index contributed by atoms with van der Waals surface area (Å²) in [6, 6.07) is 14.6. The Morgan fingerprint density at radius 3 is 2.23 bits per heavy atom. The first-order chi connectivity index (χ1) is 12.8. The van der Waals surface area contributed by atoms with E-state index in [0.717, 1.165) is 37.0 Å². The summed E-state index contributed by atoms with van der Waals surface area (Å²) in [5.41, 5.74) is 2.39. The minimum atomic E-state index is 0.710. The van der Waals surface area contributed by atoms with Gasteiger partial charge in [0.15, 0.2) is 5.96 Å². The summed E-state index contributed by atoms with van der Waals surface area (Å²) in [5.74, 6) is 1.90. The number of anilines is 1. The van der Waals surface area contributed by atoms with Crippen molar-refractivity contribution in [3.8, 4) is 0 Å². The molecule has 0 radical (unpaired) electrons. The molecule has 1 aliphatic heterocycles. The zero-order valence-electron chi connectivity index (χ0n) is 15.6. The zero-order valence-corrected chi connectivity index (χ0v) is 15.6. The largest absolute Gasteiger partial charge is 0.357 e. The highest BCUT2D eigenvalue weighted by Crippen LogP contribution is 2.17. The molecule has 1 fully saturated rings. The number of aromatic nitrogens is 1. The van der Waals surface area contributed by atoms with Crippen molar-refractivity contribution in [1.29, 1.82) is 0 Å². The Labute approximate surface area is 156 Å². The first-order valence-corrected chi connectivity index (χ1v) is 9.53. The first kappa shape index (κ1) is 18.2. The van der Waals surface area contributed by atoms with Gasteiger partial charge < -0.3 is 15.5 Å². The van der Waals surface area contributed by atoms with Crippen LogP contribution in [0, 0.1) is 0 Å². The van der Waals surface area contributed by atoms with E-state index in [0.29, 0.717) is 6.54 Å². The average Bonchev–Trinajstić information content (AvgIpc) is 2.99. The fourth-order valence-electron chi connectivity index (χ4n) is 3.20. The van der Waals surface area contributed by atoms with Crippen molar-refractivity contribution in [3.63, 3.8) is 0 Å². The van der Waals surface area contributed by atoms with Crippen LogP contribution in [0.1, 0.15) is 36.8 Å². The van der Waals surface area contributed by atoms with Crippen LogP contribution < -0.4 is 15.5 Å². The van der Waals surface area contributed by atoms with E-state index < -0.39 is 0 Å². The maximum absolute atomic E-state index is 4.67. The Balaban J connectivity index is 1.48. The molecular weight excluding hydrogens is 322 g/mol. The lowest BCUT2D eigenvalue weighted by Gasteiger charge is -2.21. The summed E-state index contributed by atoms with van der Waals surface area (Å²) in [6.45, 7) is 3.72. The van der Waals surface area contributed by atoms with Gasteiger partial charge in [0.2, 0.25) is 0 Å². The molecule has 0 aliphatic carbocycles. The summed E-state index contributed by atoms with van der Waals surface area (Å²) in [7, 11) is 1.79. The molecule has 1 saturated heterocycles. The van der Waals surface area contributed by atoms with E-state index in [4.69, 9.17) is 0 Å². The van der Waals surface area contributed by atoms with E-state index in [-0.39, 0.29) is 0 Å². The number of rotatable bonds is 5. The fraction of sp³-hybridized carbons (Fsp3) is 0.429. The third-order valence-electron chi connectivity index (χ3n) is 4.73. The van der Waals surface area contributed by atoms with Crippen LogP contribution in [-0.2, 0) is 13.1 Å². The maximum atomic E-state index is 4.67. The van der Waals surface area contributed by atoms with Gasteiger partial charge in [0.1, 0.15) is 5.82 Å². The van der Waals surface area contributed by atoms with Crippen LogP contribution in [0.4, 0.5) is 5.82 Å². The SMILES string of the molecule is CN=C(NCc1ccccc1)NCc1ccc(N2CCCCCC2)nc1. The Morgan fingerprint density at radius 2 is 1.62 bits per heavy atom. The van der Waals surface area contributed by atoms with Gasteiger partial charge in [-0.3, -0.25) is 4.99 Å². The van der Waals surface area contributed by atoms with Gasteiger partial charge in [-0.25, -0.2) is 4.98 Å². The summed E-state index contributed by atoms with van der Waals surface area (Å²) in [5, 5.41) is 6.69. The number of benzene rings is 1. The molecule has 0 atom stereocenters. The molecule has 2 N–H and O–H groups in total. The first-order valence-electron chi connectivity index (χ1n) is 9.53. The third-order valence-corrected chi connectivity index (χ3v) is 4.73. The van der Waals surface area contributed by atoms with Gasteiger partial charge in [-0.1, -0.05) is 49.2 Å². The highest BCUT2D eigenvalue weighted by molar-refractivity contribution is 5.79. The molecule has 1 aromatic heterocycles. The van der Waals surface area contributed by atoms with Crippen molar-refractivity contribution in [2.24, 2.45) is 4.99 Å². The van der Waals surface area contributed by atoms with Gasteiger partial charge >= 0.3 is 0 Å². The minimum Gasteiger partial charge on any atom is -0.357 e. The summed E-state index contributed by atoms with van der Waals surface area (Å²) in [4.78, 5) is 11.4. The average molecular weight is 351 g/mol. The summed E-state index contributed by atoms with van der Waals surface area (Å²) >= 11 is 0. The quantitative estimate of drug-likeness (QED) is 0.641. The lowest BCUT2D eigenvalue weighted by molar-refractivity contribution is 0.726. The van der Waals surface area contributed by atoms with Crippen molar-refractivity contribution >= 4 is 11.8 Å². The molecule has 0 amide bonds. The van der Waals surface area contributed by atoms with Crippen LogP contribution in [-0.4, -0.2) is 31.1 Å². The Morgan fingerprint density at radius 1 is 0.923 bits per heavy atom. The van der Waals surface area contributed by atoms with Gasteiger partial charge in [-0.05, 0) is 30.0 Å². The third kappa shape index (κ3) is 5.48. The van der Waals surface area contributed by atoms with Gasteiger partial charge in [0.25, 0.3) is 0 Å². The predicted octanol–water partition coefficient (Wildman–Crippen LogP) is 3.33. The standard InChI is InChI=1S/C21H29N5/c1-22-21(24-15-18-9-5-4-6-10-18)25-17-19-11-12-20(23-16-19)26-13-7-2-3-8-14-26/h4-6,9-12,16H,2-3,7-8,13-15,17H2,1H3,(H2,22,24,25). The van der Waals surface area contributed by atoms with E-state index in [1.54, 1.807) is 7.05 Å². The van der Waals surface area contributed by atoms with E-state index in [1.165, 1.54) is 31.2 Å². The van der Waals surface area contributed by atoms with Crippen LogP contribution in [0.2, 0.25) is 0 Å². The highest BCUT2D eigenvalue weighted by Gasteiger charge is 2.10. The van der Waals surface area contributed by atoms with Crippen LogP contribution in [0.25, 0.3) is 0 Å². The molecule has 26 heavy (non-hydrogen) atoms. The number of nitrogens with zero attached hydrogens (tertiary/aromatic N) is 3. The zero-order chi connectivity index (χ0) is 18.0. The smallest absolute Gasteiger partial charge is 0.191 e. The van der Waals surface area contributed by atoms with Crippen molar-refractivity contribution in [2.45, 2.75) is 38.8 Å². The van der Waals surface area contributed by atoms with Crippen molar-refractivity contribution < 1.29 is 0 Å². The molecule has 1 aliphatic rings. The van der Waals surface area contributed by atoms with E-state index in [2.05, 4.69) is 49.8 Å². The molecule has 2 heterocycles. The van der Waals surface area contributed by atoms with Gasteiger partial charge in [-0.2, -0.15) is 0 Å². The van der Waals surface area contributed by atoms with Crippen LogP contribution in [0.15, 0.2) is 53.7 Å². The number of pyridine rings is 1. The van der Waals surface area contributed by atoms with E-state index >= 15 is 0 Å². The molecular formula is C21H29N5. The number of nitrogens with one attached hydrogen (secondary N) is 2. The minimum absolute atomic E-state index is 0.710. The van der Waals surface area contributed by atoms with Gasteiger partial charge in [0.05, 0.1) is 0 Å². The summed E-state index contributed by atoms with van der Waals surface area (Å²) < 4.78 is 0. The molecule has 5 heteroatoms. The van der Waals surface area contributed by atoms with E-state index in [9.17, 15) is 0 Å². The second-order valence-electron chi connectivity index (χ2n) is 6.69. The Hall–Kier alpha value is -2.56. The number of hydrogen-bond acceptors (Lipinski definition) is 3. The van der Waals surface area contributed by atoms with Gasteiger partial charge in [-0.15, -0.1) is 0 Å². The molecule has 3 rings (SSSR count). The van der Waals surface area contributed by atoms with Crippen molar-refractivity contribution in [1.82, 2.24) is 15.6 Å². The molecule has 1 aromatic carbocycles. The van der Waals surface area contributed by atoms with Crippen LogP contribution in [0.5, 0.6) is 0 Å². The Kier molecular flexibility index (Phi) is 6.88. The molecule has 2 aromatic rings. The normalized spacial score (nSPS) is 15.4. The number of guanidine groups is 1. The maximum Gasteiger partial charge on any atom is 0.191 e. The second-order valence-corrected chi connectivity index (χ2v) is 6.69. The highest BCUT2D eigenvalue weighted by atomic mass is 15.2. The van der Waals surface area contributed by atoms with Gasteiger partial charge in [0, 0.05) is 39.4 Å². The number of hydrogen-bond donors (Lipinski definition) is 2. The number of aliphatic imine (C=N–C) groups is 1. The summed E-state index contributed by atoms with van der Waals surface area (Å²) in [6.07, 6.45) is 7.20. The topological polar surface area (TPSA) is 52.6 Å². The molecule has 0 spiro atoms. The molecule has 0 saturated carbocycles. The fourth-order valence-corrected chi connectivity index (χ4v) is 3.20. The molecule has 0 bridgehead atoms. The lowest BCUT2D eigenvalue weighted by Crippen LogP contribution is -2.36. The second kappa shape index (κ2) is 9.80. The van der Waals surface area contributed by atoms with E-state index in [1.807, 2.05) is 24.4 Å². The molecule has 0 unspecified atom stereocenters. The van der Waals surface area contributed by atoms with Crippen molar-refractivity contribution in [3.05, 3.63) is 59.8 Å².